The third kappa shape index (κ3) is 0.994. The van der Waals surface area contributed by atoms with Crippen molar-refractivity contribution in [3.05, 3.63) is 33.6 Å². The fraction of sp³-hybridized carbons (Fsp3) is 0. The maximum absolute atomic E-state index is 8.78. The van der Waals surface area contributed by atoms with Crippen molar-refractivity contribution in [2.45, 2.75) is 0 Å². The number of rotatable bonds is 0. The van der Waals surface area contributed by atoms with Crippen LogP contribution in [-0.2, 0) is 0 Å². The maximum atomic E-state index is 8.78. The second-order valence-corrected chi connectivity index (χ2v) is 3.54. The lowest BCUT2D eigenvalue weighted by atomic mass is 10.1. The summed E-state index contributed by atoms with van der Waals surface area (Å²) in [5.41, 5.74) is 1.45. The first-order chi connectivity index (χ1) is 5.83. The summed E-state index contributed by atoms with van der Waals surface area (Å²) in [5, 5.41) is 9.70. The summed E-state index contributed by atoms with van der Waals surface area (Å²) in [6.07, 6.45) is 1.66. The number of hydrogen-bond acceptors (Lipinski definition) is 2. The molecule has 0 atom stereocenters. The first-order valence-electron chi connectivity index (χ1n) is 3.39. The maximum Gasteiger partial charge on any atom is 0.136 e. The van der Waals surface area contributed by atoms with Gasteiger partial charge in [-0.25, -0.2) is 0 Å². The molecule has 0 amide bonds. The Labute approximate surface area is 82.9 Å². The smallest absolute Gasteiger partial charge is 0.136 e. The van der Waals surface area contributed by atoms with Gasteiger partial charge in [0.15, 0.2) is 0 Å². The van der Waals surface area contributed by atoms with Crippen molar-refractivity contribution >= 4 is 33.6 Å². The van der Waals surface area contributed by atoms with Crippen molar-refractivity contribution in [2.75, 3.05) is 0 Å². The number of nitriles is 1. The molecule has 12 heavy (non-hydrogen) atoms. The minimum Gasteiger partial charge on any atom is -0.463 e. The number of halogens is 1. The average molecular weight is 269 g/mol. The van der Waals surface area contributed by atoms with Crippen LogP contribution in [-0.4, -0.2) is 0 Å². The fourth-order valence-corrected chi connectivity index (χ4v) is 1.83. The first kappa shape index (κ1) is 7.62. The molecule has 0 aliphatic carbocycles. The molecule has 0 saturated heterocycles. The molecule has 1 heterocycles. The molecule has 0 radical (unpaired) electrons. The minimum absolute atomic E-state index is 0.672. The van der Waals surface area contributed by atoms with Crippen LogP contribution in [0.4, 0.5) is 0 Å². The van der Waals surface area contributed by atoms with Crippen molar-refractivity contribution < 1.29 is 4.42 Å². The summed E-state index contributed by atoms with van der Waals surface area (Å²) in [5.74, 6) is 0. The summed E-state index contributed by atoms with van der Waals surface area (Å²) in [6.45, 7) is 0. The van der Waals surface area contributed by atoms with Gasteiger partial charge < -0.3 is 4.42 Å². The van der Waals surface area contributed by atoms with Crippen LogP contribution in [0, 0.1) is 14.9 Å². The number of hydrogen-bond donors (Lipinski definition) is 0. The van der Waals surface area contributed by atoms with Crippen LogP contribution >= 0.6 is 22.6 Å². The SMILES string of the molecule is N#Cc1cccc2occ(I)c12. The number of benzene rings is 1. The van der Waals surface area contributed by atoms with E-state index in [1.807, 2.05) is 12.1 Å². The monoisotopic (exact) mass is 269 g/mol. The molecule has 0 saturated carbocycles. The molecule has 2 rings (SSSR count). The van der Waals surface area contributed by atoms with Crippen LogP contribution in [0.15, 0.2) is 28.9 Å². The van der Waals surface area contributed by atoms with E-state index in [-0.39, 0.29) is 0 Å². The van der Waals surface area contributed by atoms with E-state index in [9.17, 15) is 0 Å². The molecule has 0 aliphatic rings. The van der Waals surface area contributed by atoms with Gasteiger partial charge in [-0.05, 0) is 34.7 Å². The Balaban J connectivity index is 2.96. The first-order valence-corrected chi connectivity index (χ1v) is 4.46. The van der Waals surface area contributed by atoms with E-state index in [1.54, 1.807) is 12.3 Å². The van der Waals surface area contributed by atoms with Gasteiger partial charge in [-0.15, -0.1) is 0 Å². The lowest BCUT2D eigenvalue weighted by Crippen LogP contribution is -1.75. The molecule has 2 nitrogen and oxygen atoms in total. The van der Waals surface area contributed by atoms with Crippen molar-refractivity contribution in [3.8, 4) is 6.07 Å². The summed E-state index contributed by atoms with van der Waals surface area (Å²) in [7, 11) is 0. The van der Waals surface area contributed by atoms with Gasteiger partial charge in [-0.2, -0.15) is 5.26 Å². The number of fused-ring (bicyclic) bond motifs is 1. The third-order valence-electron chi connectivity index (χ3n) is 1.67. The molecule has 1 aromatic carbocycles. The quantitative estimate of drug-likeness (QED) is 0.689. The molecule has 0 fully saturated rings. The molecule has 0 unspecified atom stereocenters. The summed E-state index contributed by atoms with van der Waals surface area (Å²) >= 11 is 2.16. The molecule has 0 bridgehead atoms. The van der Waals surface area contributed by atoms with Crippen molar-refractivity contribution in [1.82, 2.24) is 0 Å². The van der Waals surface area contributed by atoms with Crippen LogP contribution in [0.5, 0.6) is 0 Å². The molecule has 2 aromatic rings. The molecule has 1 aromatic heterocycles. The van der Waals surface area contributed by atoms with Gasteiger partial charge in [0.1, 0.15) is 11.8 Å². The summed E-state index contributed by atoms with van der Waals surface area (Å²) < 4.78 is 6.22. The van der Waals surface area contributed by atoms with Gasteiger partial charge in [0, 0.05) is 0 Å². The highest BCUT2D eigenvalue weighted by Crippen LogP contribution is 2.25. The van der Waals surface area contributed by atoms with E-state index in [0.29, 0.717) is 5.56 Å². The molecule has 0 spiro atoms. The number of nitrogens with zero attached hydrogens (tertiary/aromatic N) is 1. The molecule has 0 N–H and O–H groups in total. The Morgan fingerprint density at radius 3 is 3.00 bits per heavy atom. The van der Waals surface area contributed by atoms with Gasteiger partial charge in [0.05, 0.1) is 20.6 Å². The van der Waals surface area contributed by atoms with E-state index in [0.717, 1.165) is 14.5 Å². The molecular formula is C9H4INO. The fourth-order valence-electron chi connectivity index (χ4n) is 1.14. The van der Waals surface area contributed by atoms with Crippen molar-refractivity contribution in [2.24, 2.45) is 0 Å². The summed E-state index contributed by atoms with van der Waals surface area (Å²) in [4.78, 5) is 0. The van der Waals surface area contributed by atoms with Crippen molar-refractivity contribution in [3.63, 3.8) is 0 Å². The Bertz CT molecular complexity index is 467. The normalized spacial score (nSPS) is 10.0. The number of furan rings is 1. The Kier molecular flexibility index (Phi) is 1.77. The van der Waals surface area contributed by atoms with E-state index < -0.39 is 0 Å². The zero-order valence-electron chi connectivity index (χ0n) is 6.04. The lowest BCUT2D eigenvalue weighted by Gasteiger charge is -1.90. The van der Waals surface area contributed by atoms with Crippen LogP contribution in [0.2, 0.25) is 0 Å². The van der Waals surface area contributed by atoms with Gasteiger partial charge in [0.25, 0.3) is 0 Å². The van der Waals surface area contributed by atoms with Crippen LogP contribution in [0.25, 0.3) is 11.0 Å². The van der Waals surface area contributed by atoms with Crippen LogP contribution in [0.3, 0.4) is 0 Å². The van der Waals surface area contributed by atoms with E-state index in [1.165, 1.54) is 0 Å². The highest BCUT2D eigenvalue weighted by Gasteiger charge is 2.06. The topological polar surface area (TPSA) is 36.9 Å². The minimum atomic E-state index is 0.672. The zero-order valence-corrected chi connectivity index (χ0v) is 8.20. The standard InChI is InChI=1S/C9H4INO/c10-7-5-12-8-3-1-2-6(4-11)9(7)8/h1-3,5H. The van der Waals surface area contributed by atoms with Gasteiger partial charge in [-0.3, -0.25) is 0 Å². The molecule has 3 heteroatoms. The Morgan fingerprint density at radius 1 is 1.42 bits per heavy atom. The van der Waals surface area contributed by atoms with Gasteiger partial charge >= 0.3 is 0 Å². The predicted molar refractivity (Wildman–Crippen MR) is 53.6 cm³/mol. The van der Waals surface area contributed by atoms with E-state index >= 15 is 0 Å². The van der Waals surface area contributed by atoms with Crippen LogP contribution in [0.1, 0.15) is 5.56 Å². The van der Waals surface area contributed by atoms with Gasteiger partial charge in [-0.1, -0.05) is 6.07 Å². The molecule has 58 valence electrons. The highest BCUT2D eigenvalue weighted by atomic mass is 127. The Morgan fingerprint density at radius 2 is 2.25 bits per heavy atom. The molecular weight excluding hydrogens is 265 g/mol. The third-order valence-corrected chi connectivity index (χ3v) is 2.47. The Hall–Kier alpha value is -1.02. The second-order valence-electron chi connectivity index (χ2n) is 2.37. The zero-order chi connectivity index (χ0) is 8.55. The summed E-state index contributed by atoms with van der Waals surface area (Å²) in [6, 6.07) is 7.60. The van der Waals surface area contributed by atoms with E-state index in [2.05, 4.69) is 28.7 Å². The second kappa shape index (κ2) is 2.79. The van der Waals surface area contributed by atoms with Gasteiger partial charge in [0.2, 0.25) is 0 Å². The van der Waals surface area contributed by atoms with Crippen LogP contribution < -0.4 is 0 Å². The lowest BCUT2D eigenvalue weighted by molar-refractivity contribution is 0.613. The van der Waals surface area contributed by atoms with E-state index in [4.69, 9.17) is 9.68 Å². The largest absolute Gasteiger partial charge is 0.463 e. The highest BCUT2D eigenvalue weighted by molar-refractivity contribution is 14.1. The predicted octanol–water partition coefficient (Wildman–Crippen LogP) is 2.91. The average Bonchev–Trinajstić information content (AvgIpc) is 2.48. The molecule has 0 aliphatic heterocycles. The van der Waals surface area contributed by atoms with Crippen molar-refractivity contribution in [1.29, 1.82) is 5.26 Å².